The van der Waals surface area contributed by atoms with Gasteiger partial charge in [-0.05, 0) is 31.9 Å². The van der Waals surface area contributed by atoms with Gasteiger partial charge in [-0.15, -0.1) is 0 Å². The molecule has 2 aliphatic rings. The molecule has 0 aromatic heterocycles. The Morgan fingerprint density at radius 3 is 2.69 bits per heavy atom. The molecule has 1 heterocycles. The van der Waals surface area contributed by atoms with Crippen LogP contribution in [-0.4, -0.2) is 48.2 Å². The first-order valence-corrected chi connectivity index (χ1v) is 9.26. The summed E-state index contributed by atoms with van der Waals surface area (Å²) in [6, 6.07) is 4.78. The molecule has 1 saturated carbocycles. The van der Waals surface area contributed by atoms with Gasteiger partial charge in [0, 0.05) is 19.2 Å². The number of nitrogens with zero attached hydrogens (tertiary/aromatic N) is 1. The molecule has 0 radical (unpaired) electrons. The molecular formula is C20H27NO5. The maximum atomic E-state index is 13.5. The Balaban J connectivity index is 1.88. The largest absolute Gasteiger partial charge is 0.491 e. The summed E-state index contributed by atoms with van der Waals surface area (Å²) in [4.78, 5) is 26.6. The van der Waals surface area contributed by atoms with Crippen LogP contribution in [0.15, 0.2) is 18.2 Å². The molecule has 1 aromatic carbocycles. The van der Waals surface area contributed by atoms with Crippen molar-refractivity contribution in [2.24, 2.45) is 5.41 Å². The Hall–Kier alpha value is -2.08. The Labute approximate surface area is 154 Å². The second-order valence-corrected chi connectivity index (χ2v) is 7.49. The van der Waals surface area contributed by atoms with Crippen LogP contribution < -0.4 is 4.74 Å². The van der Waals surface area contributed by atoms with E-state index in [-0.39, 0.29) is 17.5 Å². The van der Waals surface area contributed by atoms with Gasteiger partial charge in [0.2, 0.25) is 5.91 Å². The van der Waals surface area contributed by atoms with E-state index in [9.17, 15) is 14.7 Å². The minimum Gasteiger partial charge on any atom is -0.491 e. The SMILES string of the molecule is COCC1(C(=O)N2Cc3ccc(C(=O)O)cc3OCC2C)CCCCC1. The van der Waals surface area contributed by atoms with Crippen LogP contribution in [0, 0.1) is 5.41 Å². The molecule has 1 aliphatic heterocycles. The fourth-order valence-electron chi connectivity index (χ4n) is 4.09. The molecule has 6 nitrogen and oxygen atoms in total. The standard InChI is InChI=1S/C20H27NO5/c1-14-12-26-17-10-15(18(22)23)6-7-16(17)11-21(14)19(24)20(13-25-2)8-4-3-5-9-20/h6-7,10,14H,3-5,8-9,11-13H2,1-2H3,(H,22,23). The minimum absolute atomic E-state index is 0.0844. The monoisotopic (exact) mass is 361 g/mol. The number of ether oxygens (including phenoxy) is 2. The fourth-order valence-corrected chi connectivity index (χ4v) is 4.09. The average molecular weight is 361 g/mol. The van der Waals surface area contributed by atoms with E-state index >= 15 is 0 Å². The van der Waals surface area contributed by atoms with E-state index in [1.807, 2.05) is 11.8 Å². The molecule has 6 heteroatoms. The van der Waals surface area contributed by atoms with Crippen LogP contribution in [-0.2, 0) is 16.1 Å². The number of carboxylic acid groups (broad SMARTS) is 1. The Morgan fingerprint density at radius 2 is 2.04 bits per heavy atom. The number of hydrogen-bond donors (Lipinski definition) is 1. The van der Waals surface area contributed by atoms with Gasteiger partial charge in [-0.3, -0.25) is 4.79 Å². The third-order valence-electron chi connectivity index (χ3n) is 5.61. The first-order valence-electron chi connectivity index (χ1n) is 9.26. The van der Waals surface area contributed by atoms with Gasteiger partial charge in [0.15, 0.2) is 0 Å². The van der Waals surface area contributed by atoms with Crippen LogP contribution >= 0.6 is 0 Å². The van der Waals surface area contributed by atoms with Crippen molar-refractivity contribution in [2.75, 3.05) is 20.3 Å². The van der Waals surface area contributed by atoms with Crippen molar-refractivity contribution >= 4 is 11.9 Å². The first kappa shape index (κ1) is 18.7. The average Bonchev–Trinajstić information content (AvgIpc) is 2.80. The highest BCUT2D eigenvalue weighted by atomic mass is 16.5. The summed E-state index contributed by atoms with van der Waals surface area (Å²) >= 11 is 0. The summed E-state index contributed by atoms with van der Waals surface area (Å²) in [7, 11) is 1.65. The normalized spacial score (nSPS) is 22.1. The highest BCUT2D eigenvalue weighted by Crippen LogP contribution is 2.40. The fraction of sp³-hybridized carbons (Fsp3) is 0.600. The third-order valence-corrected chi connectivity index (χ3v) is 5.61. The topological polar surface area (TPSA) is 76.1 Å². The van der Waals surface area contributed by atoms with Gasteiger partial charge in [-0.1, -0.05) is 25.3 Å². The van der Waals surface area contributed by atoms with Crippen LogP contribution in [0.25, 0.3) is 0 Å². The molecule has 3 rings (SSSR count). The van der Waals surface area contributed by atoms with Gasteiger partial charge in [0.05, 0.1) is 23.6 Å². The van der Waals surface area contributed by atoms with Crippen molar-refractivity contribution in [1.29, 1.82) is 0 Å². The zero-order valence-corrected chi connectivity index (χ0v) is 15.5. The van der Waals surface area contributed by atoms with Crippen molar-refractivity contribution in [3.8, 4) is 5.75 Å². The number of carbonyl (C=O) groups is 2. The Bertz CT molecular complexity index is 675. The van der Waals surface area contributed by atoms with Gasteiger partial charge < -0.3 is 19.5 Å². The van der Waals surface area contributed by atoms with Crippen molar-refractivity contribution < 1.29 is 24.2 Å². The van der Waals surface area contributed by atoms with Crippen LogP contribution in [0.2, 0.25) is 0 Å². The van der Waals surface area contributed by atoms with Gasteiger partial charge in [-0.2, -0.15) is 0 Å². The van der Waals surface area contributed by atoms with Crippen LogP contribution in [0.4, 0.5) is 0 Å². The van der Waals surface area contributed by atoms with Crippen molar-refractivity contribution in [1.82, 2.24) is 4.90 Å². The molecule has 1 aliphatic carbocycles. The highest BCUT2D eigenvalue weighted by molar-refractivity contribution is 5.88. The number of carbonyl (C=O) groups excluding carboxylic acids is 1. The first-order chi connectivity index (χ1) is 12.5. The van der Waals surface area contributed by atoms with Crippen molar-refractivity contribution in [3.05, 3.63) is 29.3 Å². The molecule has 1 amide bonds. The second kappa shape index (κ2) is 7.66. The van der Waals surface area contributed by atoms with Gasteiger partial charge >= 0.3 is 5.97 Å². The lowest BCUT2D eigenvalue weighted by Gasteiger charge is -2.40. The number of aromatic carboxylic acids is 1. The van der Waals surface area contributed by atoms with Crippen molar-refractivity contribution in [3.63, 3.8) is 0 Å². The van der Waals surface area contributed by atoms with Crippen molar-refractivity contribution in [2.45, 2.75) is 51.6 Å². The van der Waals surface area contributed by atoms with Gasteiger partial charge in [0.25, 0.3) is 0 Å². The van der Waals surface area contributed by atoms with Gasteiger partial charge in [-0.25, -0.2) is 4.79 Å². The number of carboxylic acids is 1. The lowest BCUT2D eigenvalue weighted by molar-refractivity contribution is -0.151. The van der Waals surface area contributed by atoms with E-state index < -0.39 is 11.4 Å². The quantitative estimate of drug-likeness (QED) is 0.892. The smallest absolute Gasteiger partial charge is 0.335 e. The van der Waals surface area contributed by atoms with Crippen LogP contribution in [0.5, 0.6) is 5.75 Å². The second-order valence-electron chi connectivity index (χ2n) is 7.49. The number of methoxy groups -OCH3 is 1. The van der Waals surface area contributed by atoms with E-state index in [2.05, 4.69) is 0 Å². The summed E-state index contributed by atoms with van der Waals surface area (Å²) < 4.78 is 11.3. The Morgan fingerprint density at radius 1 is 1.31 bits per heavy atom. The summed E-state index contributed by atoms with van der Waals surface area (Å²) in [5.74, 6) is -0.301. The number of amides is 1. The Kier molecular flexibility index (Phi) is 5.51. The highest BCUT2D eigenvalue weighted by Gasteiger charge is 2.44. The number of rotatable bonds is 4. The summed E-state index contributed by atoms with van der Waals surface area (Å²) in [6.45, 7) is 3.21. The lowest BCUT2D eigenvalue weighted by atomic mass is 9.73. The minimum atomic E-state index is -0.983. The number of benzene rings is 1. The van der Waals surface area contributed by atoms with Crippen LogP contribution in [0.1, 0.15) is 54.9 Å². The van der Waals surface area contributed by atoms with E-state index in [1.165, 1.54) is 0 Å². The molecular weight excluding hydrogens is 334 g/mol. The maximum Gasteiger partial charge on any atom is 0.335 e. The molecule has 0 saturated heterocycles. The summed E-state index contributed by atoms with van der Waals surface area (Å²) in [6.07, 6.45) is 4.97. The molecule has 1 fully saturated rings. The van der Waals surface area contributed by atoms with E-state index in [0.717, 1.165) is 37.7 Å². The lowest BCUT2D eigenvalue weighted by Crippen LogP contribution is -2.51. The molecule has 0 spiro atoms. The third kappa shape index (κ3) is 3.56. The maximum absolute atomic E-state index is 13.5. The molecule has 1 N–H and O–H groups in total. The summed E-state index contributed by atoms with van der Waals surface area (Å²) in [5, 5.41) is 9.18. The summed E-state index contributed by atoms with van der Waals surface area (Å²) in [5.41, 5.74) is 0.586. The van der Waals surface area contributed by atoms with E-state index in [4.69, 9.17) is 9.47 Å². The zero-order chi connectivity index (χ0) is 18.7. The zero-order valence-electron chi connectivity index (χ0n) is 15.5. The molecule has 142 valence electrons. The molecule has 1 atom stereocenters. The van der Waals surface area contributed by atoms with E-state index in [1.54, 1.807) is 25.3 Å². The number of fused-ring (bicyclic) bond motifs is 1. The molecule has 1 unspecified atom stereocenters. The van der Waals surface area contributed by atoms with Gasteiger partial charge in [0.1, 0.15) is 12.4 Å². The molecule has 26 heavy (non-hydrogen) atoms. The molecule has 0 bridgehead atoms. The molecule has 1 aromatic rings. The number of hydrogen-bond acceptors (Lipinski definition) is 4. The predicted octanol–water partition coefficient (Wildman–Crippen LogP) is 3.09. The predicted molar refractivity (Wildman–Crippen MR) is 96.3 cm³/mol. The van der Waals surface area contributed by atoms with Crippen LogP contribution in [0.3, 0.4) is 0 Å². The van der Waals surface area contributed by atoms with E-state index in [0.29, 0.717) is 25.5 Å².